The number of hydrogen-bond acceptors (Lipinski definition) is 1. The number of carbonyl (C=O) groups is 1. The zero-order valence-corrected chi connectivity index (χ0v) is 11.6. The van der Waals surface area contributed by atoms with E-state index >= 15 is 0 Å². The number of alkyl halides is 1. The van der Waals surface area contributed by atoms with Crippen molar-refractivity contribution in [2.45, 2.75) is 0 Å². The molecule has 0 aliphatic heterocycles. The molecule has 0 atom stereocenters. The van der Waals surface area contributed by atoms with Gasteiger partial charge in [0.1, 0.15) is 0 Å². The fourth-order valence-electron chi connectivity index (χ4n) is 1.61. The number of benzene rings is 2. The van der Waals surface area contributed by atoms with Gasteiger partial charge in [0.15, 0.2) is 0 Å². The first-order chi connectivity index (χ1) is 8.31. The Hall–Kier alpha value is -1.36. The zero-order valence-electron chi connectivity index (χ0n) is 9.48. The van der Waals surface area contributed by atoms with E-state index in [1.54, 1.807) is 0 Å². The van der Waals surface area contributed by atoms with Crippen molar-refractivity contribution in [1.29, 1.82) is 0 Å². The molecule has 2 rings (SSSR count). The predicted octanol–water partition coefficient (Wildman–Crippen LogP) is 0.604. The fourth-order valence-corrected chi connectivity index (χ4v) is 2.17. The second-order valence-corrected chi connectivity index (χ2v) is 5.56. The summed E-state index contributed by atoms with van der Waals surface area (Å²) in [6, 6.07) is 18.0. The molecule has 0 spiro atoms. The first-order valence-corrected chi connectivity index (χ1v) is 8.50. The third kappa shape index (κ3) is 3.06. The number of amides is 1. The maximum atomic E-state index is 11.5. The third-order valence-electron chi connectivity index (χ3n) is 2.42. The zero-order chi connectivity index (χ0) is 12.1. The van der Waals surface area contributed by atoms with Crippen LogP contribution in [0.25, 0.3) is 11.1 Å². The van der Waals surface area contributed by atoms with Crippen LogP contribution in [0, 0.1) is 0 Å². The molecular weight excluding hydrogens is 325 g/mol. The summed E-state index contributed by atoms with van der Waals surface area (Å²) in [5.41, 5.74) is 3.09. The van der Waals surface area contributed by atoms with E-state index in [2.05, 4.69) is 5.32 Å². The average Bonchev–Trinajstić information content (AvgIpc) is 2.40. The second-order valence-electron chi connectivity index (χ2n) is 3.50. The van der Waals surface area contributed by atoms with E-state index in [-0.39, 0.29) is 3.91 Å². The first-order valence-electron chi connectivity index (χ1n) is 5.26. The Morgan fingerprint density at radius 3 is 2.35 bits per heavy atom. The van der Waals surface area contributed by atoms with Gasteiger partial charge in [-0.1, -0.05) is 0 Å². The van der Waals surface area contributed by atoms with Crippen LogP contribution in [0.3, 0.4) is 0 Å². The standard InChI is InChI=1S/C14H13INO/c1-15-14(17)16-13-10-6-5-9-12(13)11-7-3-2-4-8-11/h2-10H,1H3,(H,16,17)/q-1. The summed E-state index contributed by atoms with van der Waals surface area (Å²) in [4.78, 5) is 13.5. The van der Waals surface area contributed by atoms with Crippen LogP contribution in [0.1, 0.15) is 0 Å². The molecule has 0 saturated carbocycles. The van der Waals surface area contributed by atoms with E-state index in [0.29, 0.717) is 0 Å². The number of rotatable bonds is 3. The summed E-state index contributed by atoms with van der Waals surface area (Å²) in [5, 5.41) is 2.97. The van der Waals surface area contributed by atoms with Gasteiger partial charge in [-0.3, -0.25) is 0 Å². The van der Waals surface area contributed by atoms with E-state index < -0.39 is 21.2 Å². The Bertz CT molecular complexity index is 511. The summed E-state index contributed by atoms with van der Waals surface area (Å²) < 4.78 is 0.146. The van der Waals surface area contributed by atoms with E-state index in [0.717, 1.165) is 16.8 Å². The molecule has 0 bridgehead atoms. The molecule has 0 aromatic heterocycles. The molecule has 0 radical (unpaired) electrons. The van der Waals surface area contributed by atoms with Crippen molar-refractivity contribution in [3.8, 4) is 11.1 Å². The monoisotopic (exact) mass is 338 g/mol. The SMILES string of the molecule is C[I-]C(=O)Nc1ccccc1-c1ccccc1. The Balaban J connectivity index is 2.38. The topological polar surface area (TPSA) is 29.1 Å². The molecular formula is C14H13INO-. The van der Waals surface area contributed by atoms with Gasteiger partial charge < -0.3 is 0 Å². The molecule has 2 aromatic carbocycles. The molecule has 1 amide bonds. The third-order valence-corrected chi connectivity index (χ3v) is 3.67. The van der Waals surface area contributed by atoms with E-state index in [1.165, 1.54) is 0 Å². The van der Waals surface area contributed by atoms with Crippen LogP contribution in [0.2, 0.25) is 0 Å². The minimum absolute atomic E-state index is 0.146. The van der Waals surface area contributed by atoms with Crippen molar-refractivity contribution in [2.75, 3.05) is 10.2 Å². The Labute approximate surface area is 111 Å². The summed E-state index contributed by atoms with van der Waals surface area (Å²) in [6.07, 6.45) is 0. The van der Waals surface area contributed by atoms with Crippen LogP contribution in [0.4, 0.5) is 10.5 Å². The van der Waals surface area contributed by atoms with Crippen LogP contribution in [-0.4, -0.2) is 8.84 Å². The van der Waals surface area contributed by atoms with Crippen molar-refractivity contribution >= 4 is 9.60 Å². The fraction of sp³-hybridized carbons (Fsp3) is 0.0714. The van der Waals surface area contributed by atoms with Gasteiger partial charge in [0, 0.05) is 0 Å². The summed E-state index contributed by atoms with van der Waals surface area (Å²) in [5.74, 6) is 0. The Kier molecular flexibility index (Phi) is 4.14. The molecule has 2 nitrogen and oxygen atoms in total. The van der Waals surface area contributed by atoms with Gasteiger partial charge in [0.05, 0.1) is 0 Å². The number of hydrogen-bond donors (Lipinski definition) is 1. The molecule has 3 heteroatoms. The molecule has 2 aromatic rings. The van der Waals surface area contributed by atoms with E-state index in [1.807, 2.05) is 59.5 Å². The van der Waals surface area contributed by atoms with Gasteiger partial charge in [-0.25, -0.2) is 0 Å². The number of nitrogens with one attached hydrogen (secondary N) is 1. The van der Waals surface area contributed by atoms with Crippen molar-refractivity contribution in [1.82, 2.24) is 0 Å². The maximum absolute atomic E-state index is 11.5. The Morgan fingerprint density at radius 2 is 1.65 bits per heavy atom. The van der Waals surface area contributed by atoms with Crippen molar-refractivity contribution in [3.05, 3.63) is 54.6 Å². The number of para-hydroxylation sites is 1. The number of halogens is 1. The molecule has 0 aliphatic rings. The van der Waals surface area contributed by atoms with E-state index in [9.17, 15) is 4.79 Å². The van der Waals surface area contributed by atoms with Crippen LogP contribution in [0.15, 0.2) is 54.6 Å². The van der Waals surface area contributed by atoms with Crippen LogP contribution in [-0.2, 0) is 0 Å². The van der Waals surface area contributed by atoms with Gasteiger partial charge in [-0.2, -0.15) is 0 Å². The average molecular weight is 338 g/mol. The van der Waals surface area contributed by atoms with Crippen LogP contribution >= 0.6 is 0 Å². The minimum atomic E-state index is -0.414. The normalized spacial score (nSPS) is 10.2. The summed E-state index contributed by atoms with van der Waals surface area (Å²) in [6.45, 7) is 0. The summed E-state index contributed by atoms with van der Waals surface area (Å²) >= 11 is -0.414. The van der Waals surface area contributed by atoms with Crippen molar-refractivity contribution in [3.63, 3.8) is 0 Å². The molecule has 88 valence electrons. The van der Waals surface area contributed by atoms with Gasteiger partial charge in [-0.15, -0.1) is 0 Å². The molecule has 0 unspecified atom stereocenters. The van der Waals surface area contributed by atoms with Crippen LogP contribution < -0.4 is 26.5 Å². The number of carbonyl (C=O) groups excluding carboxylic acids is 1. The van der Waals surface area contributed by atoms with Crippen LogP contribution in [0.5, 0.6) is 0 Å². The van der Waals surface area contributed by atoms with Gasteiger partial charge in [-0.05, 0) is 0 Å². The molecule has 0 saturated heterocycles. The van der Waals surface area contributed by atoms with Gasteiger partial charge in [0.2, 0.25) is 0 Å². The molecule has 0 heterocycles. The quantitative estimate of drug-likeness (QED) is 0.378. The molecule has 17 heavy (non-hydrogen) atoms. The molecule has 0 fully saturated rings. The number of anilines is 1. The first kappa shape index (κ1) is 12.1. The Morgan fingerprint density at radius 1 is 1.00 bits per heavy atom. The van der Waals surface area contributed by atoms with Crippen molar-refractivity contribution in [2.24, 2.45) is 0 Å². The molecule has 1 N–H and O–H groups in total. The predicted molar refractivity (Wildman–Crippen MR) is 66.8 cm³/mol. The van der Waals surface area contributed by atoms with Gasteiger partial charge >= 0.3 is 112 Å². The summed E-state index contributed by atoms with van der Waals surface area (Å²) in [7, 11) is 0. The van der Waals surface area contributed by atoms with E-state index in [4.69, 9.17) is 0 Å². The van der Waals surface area contributed by atoms with Gasteiger partial charge in [0.25, 0.3) is 0 Å². The van der Waals surface area contributed by atoms with Crippen molar-refractivity contribution < 1.29 is 26.0 Å². The molecule has 0 aliphatic carbocycles. The second kappa shape index (κ2) is 5.82.